The van der Waals surface area contributed by atoms with Crippen LogP contribution in [0.15, 0.2) is 36.5 Å². The van der Waals surface area contributed by atoms with E-state index >= 15 is 0 Å². The average Bonchev–Trinajstić information content (AvgIpc) is 3.23. The number of nitrogens with zero attached hydrogens (tertiary/aromatic N) is 1. The molecule has 0 spiro atoms. The van der Waals surface area contributed by atoms with Crippen LogP contribution < -0.4 is 4.89 Å². The molecule has 62 heavy (non-hydrogen) atoms. The molecule has 0 aliphatic heterocycles. The van der Waals surface area contributed by atoms with Crippen molar-refractivity contribution in [3.05, 3.63) is 36.5 Å². The van der Waals surface area contributed by atoms with Gasteiger partial charge in [0.2, 0.25) is 0 Å². The number of rotatable bonds is 47. The lowest BCUT2D eigenvalue weighted by atomic mass is 10.0. The van der Waals surface area contributed by atoms with E-state index in [-0.39, 0.29) is 32.0 Å². The van der Waals surface area contributed by atoms with Crippen molar-refractivity contribution in [1.82, 2.24) is 0 Å². The van der Waals surface area contributed by atoms with Gasteiger partial charge in [-0.1, -0.05) is 204 Å². The van der Waals surface area contributed by atoms with Gasteiger partial charge >= 0.3 is 11.9 Å². The minimum Gasteiger partial charge on any atom is -0.756 e. The third-order valence-corrected chi connectivity index (χ3v) is 12.1. The maximum Gasteiger partial charge on any atom is 0.306 e. The number of unbranched alkanes of at least 4 members (excludes halogenated alkanes) is 27. The molecule has 0 saturated carbocycles. The standard InChI is InChI=1S/C52H98NO8P/c1-6-8-10-12-14-15-16-17-18-19-20-21-22-23-24-25-26-27-28-29-30-31-32-33-34-35-36-37-39-41-43-45-52(55)61-50(49-60-62(56,57)59-47-46-53(3,4)5)48-58-51(54)44-42-40-38-13-11-9-7-2/h16-17,19-20,22-23,50H,6-15,18,21,24-49H2,1-5H3/b17-16-,20-19-,23-22-. The summed E-state index contributed by atoms with van der Waals surface area (Å²) in [6.45, 7) is 4.18. The van der Waals surface area contributed by atoms with Crippen LogP contribution in [0.3, 0.4) is 0 Å². The zero-order valence-corrected chi connectivity index (χ0v) is 42.0. The van der Waals surface area contributed by atoms with E-state index in [9.17, 15) is 19.0 Å². The average molecular weight is 896 g/mol. The van der Waals surface area contributed by atoms with E-state index in [4.69, 9.17) is 18.5 Å². The Balaban J connectivity index is 3.96. The Bertz CT molecular complexity index is 1150. The lowest BCUT2D eigenvalue weighted by Crippen LogP contribution is -2.37. The molecule has 0 bridgehead atoms. The van der Waals surface area contributed by atoms with Crippen molar-refractivity contribution in [1.29, 1.82) is 0 Å². The van der Waals surface area contributed by atoms with Gasteiger partial charge in [0.15, 0.2) is 6.10 Å². The molecule has 0 radical (unpaired) electrons. The van der Waals surface area contributed by atoms with Crippen molar-refractivity contribution in [2.24, 2.45) is 0 Å². The molecule has 0 aliphatic rings. The molecule has 0 fully saturated rings. The number of quaternary nitrogens is 1. The van der Waals surface area contributed by atoms with E-state index < -0.39 is 26.5 Å². The SMILES string of the molecule is CCCCCCC/C=C\C/C=C\C/C=C\CCCCCCCCCCCCCCCCCCC(=O)OC(COC(=O)CCCCCCCCC)COP(=O)([O-])OCC[N+](C)(C)C. The Kier molecular flexibility index (Phi) is 43.2. The van der Waals surface area contributed by atoms with Crippen LogP contribution in [-0.2, 0) is 32.7 Å². The zero-order valence-electron chi connectivity index (χ0n) is 41.1. The number of carbonyl (C=O) groups excluding carboxylic acids is 2. The summed E-state index contributed by atoms with van der Waals surface area (Å²) >= 11 is 0. The normalized spacial score (nSPS) is 13.7. The maximum absolute atomic E-state index is 12.7. The highest BCUT2D eigenvalue weighted by Crippen LogP contribution is 2.38. The number of carbonyl (C=O) groups is 2. The largest absolute Gasteiger partial charge is 0.756 e. The van der Waals surface area contributed by atoms with Gasteiger partial charge in [0.05, 0.1) is 27.7 Å². The summed E-state index contributed by atoms with van der Waals surface area (Å²) in [6, 6.07) is 0. The molecule has 0 aromatic rings. The maximum atomic E-state index is 12.7. The minimum absolute atomic E-state index is 0.0292. The molecular weight excluding hydrogens is 798 g/mol. The summed E-state index contributed by atoms with van der Waals surface area (Å²) in [7, 11) is 1.17. The first-order valence-corrected chi connectivity index (χ1v) is 27.2. The highest BCUT2D eigenvalue weighted by molar-refractivity contribution is 7.45. The first kappa shape index (κ1) is 60.2. The van der Waals surface area contributed by atoms with Gasteiger partial charge in [0, 0.05) is 12.8 Å². The van der Waals surface area contributed by atoms with Gasteiger partial charge in [-0.05, 0) is 51.4 Å². The van der Waals surface area contributed by atoms with Crippen molar-refractivity contribution in [3.8, 4) is 0 Å². The predicted octanol–water partition coefficient (Wildman–Crippen LogP) is 14.6. The molecule has 364 valence electrons. The van der Waals surface area contributed by atoms with Crippen molar-refractivity contribution >= 4 is 19.8 Å². The van der Waals surface area contributed by atoms with Gasteiger partial charge in [-0.3, -0.25) is 14.2 Å². The number of allylic oxidation sites excluding steroid dienone is 6. The summed E-state index contributed by atoms with van der Waals surface area (Å²) in [5.74, 6) is -0.834. The summed E-state index contributed by atoms with van der Waals surface area (Å²) < 4.78 is 33.8. The molecular formula is C52H98NO8P. The van der Waals surface area contributed by atoms with Gasteiger partial charge < -0.3 is 27.9 Å². The van der Waals surface area contributed by atoms with Crippen LogP contribution >= 0.6 is 7.82 Å². The molecule has 9 nitrogen and oxygen atoms in total. The lowest BCUT2D eigenvalue weighted by molar-refractivity contribution is -0.870. The van der Waals surface area contributed by atoms with E-state index in [1.807, 2.05) is 21.1 Å². The van der Waals surface area contributed by atoms with Crippen LogP contribution in [0.2, 0.25) is 0 Å². The van der Waals surface area contributed by atoms with E-state index in [1.165, 1.54) is 148 Å². The fourth-order valence-corrected chi connectivity index (χ4v) is 7.86. The molecule has 0 amide bonds. The molecule has 0 rings (SSSR count). The number of phosphoric acid groups is 1. The van der Waals surface area contributed by atoms with E-state index in [1.54, 1.807) is 0 Å². The topological polar surface area (TPSA) is 111 Å². The quantitative estimate of drug-likeness (QED) is 0.0195. The van der Waals surface area contributed by atoms with Gasteiger partial charge in [-0.15, -0.1) is 0 Å². The van der Waals surface area contributed by atoms with E-state index in [2.05, 4.69) is 50.3 Å². The van der Waals surface area contributed by atoms with Gasteiger partial charge in [-0.2, -0.15) is 0 Å². The molecule has 0 saturated heterocycles. The first-order valence-electron chi connectivity index (χ1n) is 25.7. The third-order valence-electron chi connectivity index (χ3n) is 11.2. The summed E-state index contributed by atoms with van der Waals surface area (Å²) in [4.78, 5) is 37.4. The van der Waals surface area contributed by atoms with E-state index in [0.29, 0.717) is 17.4 Å². The number of likely N-dealkylation sites (N-methyl/N-ethyl adjacent to an activating group) is 1. The lowest BCUT2D eigenvalue weighted by Gasteiger charge is -2.28. The summed E-state index contributed by atoms with van der Waals surface area (Å²) in [5.41, 5.74) is 0. The molecule has 10 heteroatoms. The molecule has 0 N–H and O–H groups in total. The molecule has 2 unspecified atom stereocenters. The molecule has 0 aliphatic carbocycles. The monoisotopic (exact) mass is 896 g/mol. The minimum atomic E-state index is -4.62. The number of hydrogen-bond acceptors (Lipinski definition) is 8. The van der Waals surface area contributed by atoms with Crippen LogP contribution in [0.25, 0.3) is 0 Å². The summed E-state index contributed by atoms with van der Waals surface area (Å²) in [6.07, 6.45) is 52.2. The van der Waals surface area contributed by atoms with E-state index in [0.717, 1.165) is 51.4 Å². The molecule has 2 atom stereocenters. The number of hydrogen-bond donors (Lipinski definition) is 0. The third kappa shape index (κ3) is 47.7. The highest BCUT2D eigenvalue weighted by atomic mass is 31.2. The van der Waals surface area contributed by atoms with Crippen LogP contribution in [0.1, 0.15) is 232 Å². The Morgan fingerprint density at radius 3 is 1.29 bits per heavy atom. The Morgan fingerprint density at radius 1 is 0.500 bits per heavy atom. The second-order valence-electron chi connectivity index (χ2n) is 18.5. The van der Waals surface area contributed by atoms with Crippen LogP contribution in [0, 0.1) is 0 Å². The Morgan fingerprint density at radius 2 is 0.871 bits per heavy atom. The number of esters is 2. The highest BCUT2D eigenvalue weighted by Gasteiger charge is 2.21. The van der Waals surface area contributed by atoms with Crippen LogP contribution in [0.4, 0.5) is 0 Å². The number of phosphoric ester groups is 1. The Hall–Kier alpha value is -1.77. The van der Waals surface area contributed by atoms with Crippen molar-refractivity contribution < 1.29 is 42.1 Å². The van der Waals surface area contributed by atoms with Crippen molar-refractivity contribution in [2.75, 3.05) is 47.5 Å². The smallest absolute Gasteiger partial charge is 0.306 e. The van der Waals surface area contributed by atoms with Crippen molar-refractivity contribution in [2.45, 2.75) is 238 Å². The Labute approximate surface area is 382 Å². The van der Waals surface area contributed by atoms with Crippen molar-refractivity contribution in [3.63, 3.8) is 0 Å². The molecule has 0 aromatic heterocycles. The molecule has 0 aromatic carbocycles. The first-order chi connectivity index (χ1) is 30.0. The van der Waals surface area contributed by atoms with Crippen LogP contribution in [-0.4, -0.2) is 70.0 Å². The summed E-state index contributed by atoms with van der Waals surface area (Å²) in [5, 5.41) is 0. The zero-order chi connectivity index (χ0) is 45.7. The fraction of sp³-hybridized carbons (Fsp3) is 0.846. The fourth-order valence-electron chi connectivity index (χ4n) is 7.13. The number of ether oxygens (including phenoxy) is 2. The van der Waals surface area contributed by atoms with Gasteiger partial charge in [-0.25, -0.2) is 0 Å². The predicted molar refractivity (Wildman–Crippen MR) is 259 cm³/mol. The van der Waals surface area contributed by atoms with Crippen LogP contribution in [0.5, 0.6) is 0 Å². The van der Waals surface area contributed by atoms with Gasteiger partial charge in [0.1, 0.15) is 19.8 Å². The molecule has 0 heterocycles. The second-order valence-corrected chi connectivity index (χ2v) is 20.0. The second kappa shape index (κ2) is 44.4. The van der Waals surface area contributed by atoms with Gasteiger partial charge in [0.25, 0.3) is 7.82 Å².